The van der Waals surface area contributed by atoms with Crippen LogP contribution >= 0.6 is 0 Å². The van der Waals surface area contributed by atoms with Gasteiger partial charge in [0.25, 0.3) is 0 Å². The highest BCUT2D eigenvalue weighted by atomic mass is 32.2. The molecular weight excluding hydrogens is 448 g/mol. The maximum absolute atomic E-state index is 13.3. The number of aryl methyl sites for hydroxylation is 1. The number of fused-ring (bicyclic) bond motifs is 1. The maximum atomic E-state index is 13.3. The van der Waals surface area contributed by atoms with Gasteiger partial charge in [0.1, 0.15) is 0 Å². The van der Waals surface area contributed by atoms with E-state index in [0.717, 1.165) is 30.4 Å². The number of nitrogens with zero attached hydrogens (tertiary/aromatic N) is 3. The second kappa shape index (κ2) is 10.7. The fourth-order valence-corrected chi connectivity index (χ4v) is 6.18. The van der Waals surface area contributed by atoms with Gasteiger partial charge in [-0.3, -0.25) is 4.79 Å². The fraction of sp³-hybridized carbons (Fsp3) is 0.423. The summed E-state index contributed by atoms with van der Waals surface area (Å²) in [5, 5.41) is 3.92. The van der Waals surface area contributed by atoms with Crippen LogP contribution in [0.5, 0.6) is 0 Å². The minimum atomic E-state index is -3.64. The zero-order valence-corrected chi connectivity index (χ0v) is 20.8. The average Bonchev–Trinajstić information content (AvgIpc) is 3.22. The summed E-state index contributed by atoms with van der Waals surface area (Å²) in [6, 6.07) is 17.4. The predicted octanol–water partition coefficient (Wildman–Crippen LogP) is 3.22. The third-order valence-corrected chi connectivity index (χ3v) is 8.42. The molecule has 0 bridgehead atoms. The Morgan fingerprint density at radius 2 is 1.94 bits per heavy atom. The second-order valence-electron chi connectivity index (χ2n) is 9.22. The van der Waals surface area contributed by atoms with E-state index in [0.29, 0.717) is 25.9 Å². The second-order valence-corrected chi connectivity index (χ2v) is 11.2. The topological polar surface area (TPSA) is 74.7 Å². The molecule has 2 heterocycles. The van der Waals surface area contributed by atoms with Crippen molar-refractivity contribution in [1.82, 2.24) is 19.1 Å². The van der Waals surface area contributed by atoms with Crippen LogP contribution in [0, 0.1) is 5.92 Å². The van der Waals surface area contributed by atoms with Gasteiger partial charge in [-0.2, -0.15) is 4.31 Å². The van der Waals surface area contributed by atoms with Crippen LogP contribution in [0.3, 0.4) is 0 Å². The van der Waals surface area contributed by atoms with E-state index in [1.165, 1.54) is 9.87 Å². The number of carbonyl (C=O) groups excluding carboxylic acids is 1. The Morgan fingerprint density at radius 3 is 2.74 bits per heavy atom. The molecule has 1 amide bonds. The molecule has 34 heavy (non-hydrogen) atoms. The monoisotopic (exact) mass is 482 g/mol. The standard InChI is InChI=1S/C26H34N4O3S/c1-28(19-21-8-4-3-5-9-21)15-7-14-27-26(31)23-10-6-16-30(20-23)34(32,33)24-11-12-25-22(18-24)13-17-29(25)2/h3-5,8-9,11-13,17-18,23H,6-7,10,14-16,19-20H2,1-2H3,(H,27,31)/t23-/m0/s1. The Hall–Kier alpha value is -2.68. The number of rotatable bonds is 9. The summed E-state index contributed by atoms with van der Waals surface area (Å²) in [6.07, 6.45) is 4.16. The molecule has 1 aliphatic rings. The van der Waals surface area contributed by atoms with Gasteiger partial charge in [-0.25, -0.2) is 8.42 Å². The van der Waals surface area contributed by atoms with Crippen LogP contribution in [0.4, 0.5) is 0 Å². The third kappa shape index (κ3) is 5.68. The number of carbonyl (C=O) groups is 1. The first-order valence-corrected chi connectivity index (χ1v) is 13.3. The van der Waals surface area contributed by atoms with Crippen molar-refractivity contribution in [2.45, 2.75) is 30.7 Å². The molecule has 0 spiro atoms. The number of hydrogen-bond donors (Lipinski definition) is 1. The molecule has 7 nitrogen and oxygen atoms in total. The number of sulfonamides is 1. The Kier molecular flexibility index (Phi) is 7.70. The van der Waals surface area contributed by atoms with Crippen molar-refractivity contribution in [3.05, 3.63) is 66.4 Å². The smallest absolute Gasteiger partial charge is 0.243 e. The summed E-state index contributed by atoms with van der Waals surface area (Å²) >= 11 is 0. The molecule has 1 saturated heterocycles. The lowest BCUT2D eigenvalue weighted by Gasteiger charge is -2.31. The zero-order valence-electron chi connectivity index (χ0n) is 20.0. The Morgan fingerprint density at radius 1 is 1.15 bits per heavy atom. The fourth-order valence-electron chi connectivity index (χ4n) is 4.62. The molecule has 0 unspecified atom stereocenters. The summed E-state index contributed by atoms with van der Waals surface area (Å²) < 4.78 is 30.0. The van der Waals surface area contributed by atoms with Crippen molar-refractivity contribution in [3.8, 4) is 0 Å². The molecule has 2 aromatic carbocycles. The highest BCUT2D eigenvalue weighted by Crippen LogP contribution is 2.26. The van der Waals surface area contributed by atoms with Crippen LogP contribution < -0.4 is 5.32 Å². The van der Waals surface area contributed by atoms with Gasteiger partial charge in [-0.15, -0.1) is 0 Å². The number of hydrogen-bond acceptors (Lipinski definition) is 4. The molecular formula is C26H34N4O3S. The number of piperidine rings is 1. The molecule has 0 aliphatic carbocycles. The lowest BCUT2D eigenvalue weighted by atomic mass is 9.99. The first kappa shape index (κ1) is 24.4. The van der Waals surface area contributed by atoms with E-state index in [1.807, 2.05) is 48.1 Å². The number of aromatic nitrogens is 1. The largest absolute Gasteiger partial charge is 0.356 e. The van der Waals surface area contributed by atoms with Crippen LogP contribution in [0.25, 0.3) is 10.9 Å². The Balaban J connectivity index is 1.28. The van der Waals surface area contributed by atoms with Crippen molar-refractivity contribution in [2.24, 2.45) is 13.0 Å². The van der Waals surface area contributed by atoms with Gasteiger partial charge in [-0.1, -0.05) is 30.3 Å². The van der Waals surface area contributed by atoms with E-state index in [2.05, 4.69) is 29.4 Å². The van der Waals surface area contributed by atoms with Gasteiger partial charge < -0.3 is 14.8 Å². The normalized spacial score (nSPS) is 17.3. The number of amides is 1. The highest BCUT2D eigenvalue weighted by molar-refractivity contribution is 7.89. The minimum Gasteiger partial charge on any atom is -0.356 e. The van der Waals surface area contributed by atoms with E-state index >= 15 is 0 Å². The van der Waals surface area contributed by atoms with E-state index in [-0.39, 0.29) is 23.3 Å². The zero-order chi connectivity index (χ0) is 24.1. The molecule has 1 N–H and O–H groups in total. The van der Waals surface area contributed by atoms with E-state index < -0.39 is 10.0 Å². The molecule has 8 heteroatoms. The summed E-state index contributed by atoms with van der Waals surface area (Å²) in [6.45, 7) is 3.02. The van der Waals surface area contributed by atoms with Crippen molar-refractivity contribution in [3.63, 3.8) is 0 Å². The molecule has 1 atom stereocenters. The van der Waals surface area contributed by atoms with E-state index in [1.54, 1.807) is 12.1 Å². The first-order chi connectivity index (χ1) is 16.3. The van der Waals surface area contributed by atoms with Gasteiger partial charge >= 0.3 is 0 Å². The average molecular weight is 483 g/mol. The summed E-state index contributed by atoms with van der Waals surface area (Å²) in [5.41, 5.74) is 2.26. The quantitative estimate of drug-likeness (QED) is 0.475. The molecule has 0 saturated carbocycles. The van der Waals surface area contributed by atoms with Crippen molar-refractivity contribution >= 4 is 26.8 Å². The predicted molar refractivity (Wildman–Crippen MR) is 135 cm³/mol. The molecule has 1 aromatic heterocycles. The Labute approximate surface area is 202 Å². The molecule has 1 aliphatic heterocycles. The lowest BCUT2D eigenvalue weighted by molar-refractivity contribution is -0.126. The van der Waals surface area contributed by atoms with Crippen LogP contribution in [0.2, 0.25) is 0 Å². The van der Waals surface area contributed by atoms with Crippen LogP contribution in [0.1, 0.15) is 24.8 Å². The first-order valence-electron chi connectivity index (χ1n) is 11.9. The number of benzene rings is 2. The van der Waals surface area contributed by atoms with Gasteiger partial charge in [0, 0.05) is 50.3 Å². The van der Waals surface area contributed by atoms with Crippen molar-refractivity contribution in [1.29, 1.82) is 0 Å². The van der Waals surface area contributed by atoms with Gasteiger partial charge in [-0.05, 0) is 62.7 Å². The van der Waals surface area contributed by atoms with Crippen molar-refractivity contribution in [2.75, 3.05) is 33.2 Å². The molecule has 1 fully saturated rings. The van der Waals surface area contributed by atoms with Crippen LogP contribution in [0.15, 0.2) is 65.7 Å². The van der Waals surface area contributed by atoms with Crippen LogP contribution in [-0.4, -0.2) is 61.3 Å². The molecule has 4 rings (SSSR count). The molecule has 3 aromatic rings. The van der Waals surface area contributed by atoms with Gasteiger partial charge in [0.2, 0.25) is 15.9 Å². The molecule has 0 radical (unpaired) electrons. The molecule has 182 valence electrons. The van der Waals surface area contributed by atoms with E-state index in [4.69, 9.17) is 0 Å². The van der Waals surface area contributed by atoms with Crippen LogP contribution in [-0.2, 0) is 28.4 Å². The van der Waals surface area contributed by atoms with E-state index in [9.17, 15) is 13.2 Å². The minimum absolute atomic E-state index is 0.0517. The Bertz CT molecular complexity index is 1220. The van der Waals surface area contributed by atoms with Crippen molar-refractivity contribution < 1.29 is 13.2 Å². The summed E-state index contributed by atoms with van der Waals surface area (Å²) in [4.78, 5) is 15.3. The maximum Gasteiger partial charge on any atom is 0.243 e. The third-order valence-electron chi connectivity index (χ3n) is 6.56. The summed E-state index contributed by atoms with van der Waals surface area (Å²) in [7, 11) is 0.372. The SMILES string of the molecule is CN(CCCNC(=O)[C@H]1CCCN(S(=O)(=O)c2ccc3c(ccn3C)c2)C1)Cc1ccccc1. The summed E-state index contributed by atoms with van der Waals surface area (Å²) in [5.74, 6) is -0.366. The van der Waals surface area contributed by atoms with Gasteiger partial charge in [0.15, 0.2) is 0 Å². The van der Waals surface area contributed by atoms with Gasteiger partial charge in [0.05, 0.1) is 10.8 Å². The number of nitrogens with one attached hydrogen (secondary N) is 1. The lowest BCUT2D eigenvalue weighted by Crippen LogP contribution is -2.45. The highest BCUT2D eigenvalue weighted by Gasteiger charge is 2.33.